The van der Waals surface area contributed by atoms with Gasteiger partial charge >= 0.3 is 5.97 Å². The molecule has 13 heavy (non-hydrogen) atoms. The number of carboxylic acids is 1. The Morgan fingerprint density at radius 2 is 2.15 bits per heavy atom. The number of carbonyl (C=O) groups is 1. The minimum atomic E-state index is -0.847. The van der Waals surface area contributed by atoms with Crippen LogP contribution in [0.5, 0.6) is 0 Å². The molecule has 0 saturated heterocycles. The van der Waals surface area contributed by atoms with Gasteiger partial charge < -0.3 is 10.2 Å². The highest BCUT2D eigenvalue weighted by Crippen LogP contribution is 2.42. The van der Waals surface area contributed by atoms with Crippen molar-refractivity contribution in [1.82, 2.24) is 0 Å². The Morgan fingerprint density at radius 1 is 1.62 bits per heavy atom. The van der Waals surface area contributed by atoms with Gasteiger partial charge in [-0.1, -0.05) is 19.9 Å². The van der Waals surface area contributed by atoms with Crippen molar-refractivity contribution < 1.29 is 15.0 Å². The first-order valence-corrected chi connectivity index (χ1v) is 4.44. The largest absolute Gasteiger partial charge is 0.481 e. The molecule has 0 radical (unpaired) electrons. The van der Waals surface area contributed by atoms with Crippen LogP contribution in [0.25, 0.3) is 0 Å². The molecule has 0 unspecified atom stereocenters. The Kier molecular flexibility index (Phi) is 2.48. The molecule has 0 bridgehead atoms. The van der Waals surface area contributed by atoms with Crippen molar-refractivity contribution in [2.24, 2.45) is 11.3 Å². The molecule has 0 spiro atoms. The summed E-state index contributed by atoms with van der Waals surface area (Å²) in [5.74, 6) is -1.04. The SMILES string of the molecule is CC1=CC(C)(C)[C@H](CC(=O)O)[C@H]1O. The van der Waals surface area contributed by atoms with Crippen molar-refractivity contribution in [3.05, 3.63) is 11.6 Å². The van der Waals surface area contributed by atoms with Crippen molar-refractivity contribution in [2.75, 3.05) is 0 Å². The number of rotatable bonds is 2. The van der Waals surface area contributed by atoms with Crippen LogP contribution in [0.2, 0.25) is 0 Å². The lowest BCUT2D eigenvalue weighted by molar-refractivity contribution is -0.139. The van der Waals surface area contributed by atoms with E-state index >= 15 is 0 Å². The predicted molar refractivity (Wildman–Crippen MR) is 49.3 cm³/mol. The van der Waals surface area contributed by atoms with E-state index in [9.17, 15) is 9.90 Å². The van der Waals surface area contributed by atoms with Crippen LogP contribution < -0.4 is 0 Å². The molecule has 0 saturated carbocycles. The third-order valence-electron chi connectivity index (χ3n) is 2.80. The molecular formula is C10H16O3. The highest BCUT2D eigenvalue weighted by atomic mass is 16.4. The fraction of sp³-hybridized carbons (Fsp3) is 0.700. The first-order valence-electron chi connectivity index (χ1n) is 4.44. The molecule has 0 aromatic heterocycles. The molecule has 3 nitrogen and oxygen atoms in total. The Balaban J connectivity index is 2.81. The summed E-state index contributed by atoms with van der Waals surface area (Å²) < 4.78 is 0. The standard InChI is InChI=1S/C10H16O3/c1-6-5-10(2,3)7(9(6)13)4-8(11)12/h5,7,9,13H,4H2,1-3H3,(H,11,12)/t7-,9+/m1/s1. The van der Waals surface area contributed by atoms with Crippen LogP contribution in [0.4, 0.5) is 0 Å². The summed E-state index contributed by atoms with van der Waals surface area (Å²) in [6.07, 6.45) is 1.40. The maximum absolute atomic E-state index is 10.6. The minimum Gasteiger partial charge on any atom is -0.481 e. The monoisotopic (exact) mass is 184 g/mol. The average Bonchev–Trinajstić information content (AvgIpc) is 2.12. The van der Waals surface area contributed by atoms with E-state index in [2.05, 4.69) is 0 Å². The zero-order valence-corrected chi connectivity index (χ0v) is 8.24. The summed E-state index contributed by atoms with van der Waals surface area (Å²) in [5.41, 5.74) is 0.679. The fourth-order valence-corrected chi connectivity index (χ4v) is 2.07. The Hall–Kier alpha value is -0.830. The van der Waals surface area contributed by atoms with Gasteiger partial charge in [-0.25, -0.2) is 0 Å². The Labute approximate surface area is 78.1 Å². The summed E-state index contributed by atoms with van der Waals surface area (Å²) in [6, 6.07) is 0. The highest BCUT2D eigenvalue weighted by Gasteiger charge is 2.40. The van der Waals surface area contributed by atoms with Gasteiger partial charge in [0.25, 0.3) is 0 Å². The first kappa shape index (κ1) is 10.3. The molecule has 0 aliphatic heterocycles. The summed E-state index contributed by atoms with van der Waals surface area (Å²) in [5, 5.41) is 18.4. The maximum atomic E-state index is 10.6. The van der Waals surface area contributed by atoms with Crippen molar-refractivity contribution in [2.45, 2.75) is 33.3 Å². The maximum Gasteiger partial charge on any atom is 0.303 e. The minimum absolute atomic E-state index is 0.0298. The highest BCUT2D eigenvalue weighted by molar-refractivity contribution is 5.67. The predicted octanol–water partition coefficient (Wildman–Crippen LogP) is 1.42. The van der Waals surface area contributed by atoms with Gasteiger partial charge in [-0.3, -0.25) is 4.79 Å². The van der Waals surface area contributed by atoms with Crippen LogP contribution in [-0.4, -0.2) is 22.3 Å². The molecule has 1 aliphatic rings. The van der Waals surface area contributed by atoms with E-state index in [-0.39, 0.29) is 17.8 Å². The van der Waals surface area contributed by atoms with Crippen molar-refractivity contribution in [1.29, 1.82) is 0 Å². The van der Waals surface area contributed by atoms with E-state index in [1.54, 1.807) is 0 Å². The summed E-state index contributed by atoms with van der Waals surface area (Å²) in [6.45, 7) is 5.76. The Morgan fingerprint density at radius 3 is 2.46 bits per heavy atom. The number of hydrogen-bond acceptors (Lipinski definition) is 2. The van der Waals surface area contributed by atoms with Crippen LogP contribution in [0.3, 0.4) is 0 Å². The summed E-state index contributed by atoms with van der Waals surface area (Å²) in [4.78, 5) is 10.6. The van der Waals surface area contributed by atoms with E-state index in [1.165, 1.54) is 0 Å². The van der Waals surface area contributed by atoms with Crippen LogP contribution in [0.1, 0.15) is 27.2 Å². The number of aliphatic hydroxyl groups excluding tert-OH is 1. The smallest absolute Gasteiger partial charge is 0.303 e. The molecule has 74 valence electrons. The van der Waals surface area contributed by atoms with E-state index in [0.29, 0.717) is 0 Å². The van der Waals surface area contributed by atoms with Crippen LogP contribution >= 0.6 is 0 Å². The zero-order chi connectivity index (χ0) is 10.2. The van der Waals surface area contributed by atoms with Gasteiger partial charge in [0, 0.05) is 5.92 Å². The average molecular weight is 184 g/mol. The number of aliphatic carboxylic acids is 1. The Bertz CT molecular complexity index is 253. The zero-order valence-electron chi connectivity index (χ0n) is 8.24. The van der Waals surface area contributed by atoms with E-state index in [0.717, 1.165) is 5.57 Å². The third-order valence-corrected chi connectivity index (χ3v) is 2.80. The van der Waals surface area contributed by atoms with Crippen LogP contribution in [0.15, 0.2) is 11.6 Å². The van der Waals surface area contributed by atoms with Gasteiger partial charge in [0.1, 0.15) is 0 Å². The second-order valence-corrected chi connectivity index (χ2v) is 4.36. The number of aliphatic hydroxyl groups is 1. The van der Waals surface area contributed by atoms with Crippen molar-refractivity contribution in [3.8, 4) is 0 Å². The lowest BCUT2D eigenvalue weighted by atomic mass is 9.79. The lowest BCUT2D eigenvalue weighted by Gasteiger charge is -2.27. The molecule has 0 fully saturated rings. The van der Waals surface area contributed by atoms with Gasteiger partial charge in [-0.2, -0.15) is 0 Å². The molecule has 2 atom stereocenters. The first-order chi connectivity index (χ1) is 5.84. The normalized spacial score (nSPS) is 31.5. The number of hydrogen-bond donors (Lipinski definition) is 2. The summed E-state index contributed by atoms with van der Waals surface area (Å²) in [7, 11) is 0. The molecular weight excluding hydrogens is 168 g/mol. The molecule has 0 aromatic carbocycles. The fourth-order valence-electron chi connectivity index (χ4n) is 2.07. The molecule has 0 heterocycles. The quantitative estimate of drug-likeness (QED) is 0.638. The second-order valence-electron chi connectivity index (χ2n) is 4.36. The van der Waals surface area contributed by atoms with Crippen LogP contribution in [0, 0.1) is 11.3 Å². The van der Waals surface area contributed by atoms with Crippen LogP contribution in [-0.2, 0) is 4.79 Å². The molecule has 2 N–H and O–H groups in total. The number of allylic oxidation sites excluding steroid dienone is 1. The molecule has 1 aliphatic carbocycles. The van der Waals surface area contributed by atoms with E-state index in [1.807, 2.05) is 26.8 Å². The molecule has 1 rings (SSSR count). The molecule has 3 heteroatoms. The molecule has 0 aromatic rings. The van der Waals surface area contributed by atoms with Crippen molar-refractivity contribution >= 4 is 5.97 Å². The lowest BCUT2D eigenvalue weighted by Crippen LogP contribution is -2.29. The van der Waals surface area contributed by atoms with Gasteiger partial charge in [0.15, 0.2) is 0 Å². The number of carboxylic acid groups (broad SMARTS) is 1. The van der Waals surface area contributed by atoms with E-state index in [4.69, 9.17) is 5.11 Å². The van der Waals surface area contributed by atoms with Gasteiger partial charge in [0.2, 0.25) is 0 Å². The second kappa shape index (κ2) is 3.14. The van der Waals surface area contributed by atoms with Gasteiger partial charge in [-0.05, 0) is 17.9 Å². The summed E-state index contributed by atoms with van der Waals surface area (Å²) >= 11 is 0. The van der Waals surface area contributed by atoms with Crippen molar-refractivity contribution in [3.63, 3.8) is 0 Å². The topological polar surface area (TPSA) is 57.5 Å². The van der Waals surface area contributed by atoms with E-state index < -0.39 is 12.1 Å². The molecule has 0 amide bonds. The third kappa shape index (κ3) is 1.91. The van der Waals surface area contributed by atoms with Gasteiger partial charge in [-0.15, -0.1) is 0 Å². The van der Waals surface area contributed by atoms with Gasteiger partial charge in [0.05, 0.1) is 12.5 Å².